The molecule has 1 amide bonds. The molecule has 3 nitrogen and oxygen atoms in total. The van der Waals surface area contributed by atoms with Crippen molar-refractivity contribution in [2.75, 3.05) is 32.7 Å². The molecule has 1 heterocycles. The average Bonchev–Trinajstić information content (AvgIpc) is 2.67. The molecule has 0 aromatic heterocycles. The molecular weight excluding hydrogens is 354 g/mol. The van der Waals surface area contributed by atoms with Crippen LogP contribution < -0.4 is 0 Å². The Hall–Kier alpha value is -1.92. The van der Waals surface area contributed by atoms with Gasteiger partial charge in [0.15, 0.2) is 0 Å². The quantitative estimate of drug-likeness (QED) is 0.712. The lowest BCUT2D eigenvalue weighted by molar-refractivity contribution is 0.0638. The van der Waals surface area contributed by atoms with Crippen molar-refractivity contribution in [1.29, 1.82) is 0 Å². The Morgan fingerprint density at radius 2 is 1.62 bits per heavy atom. The Morgan fingerprint density at radius 3 is 2.23 bits per heavy atom. The lowest BCUT2D eigenvalue weighted by Crippen LogP contribution is -2.49. The molecule has 2 aromatic rings. The lowest BCUT2D eigenvalue weighted by Gasteiger charge is -2.34. The van der Waals surface area contributed by atoms with Crippen molar-refractivity contribution >= 4 is 17.7 Å². The smallest absolute Gasteiger partial charge is 0.288 e. The Morgan fingerprint density at radius 1 is 0.962 bits per heavy atom. The van der Waals surface area contributed by atoms with Gasteiger partial charge in [0.25, 0.3) is 11.7 Å². The Balaban J connectivity index is 1.47. The summed E-state index contributed by atoms with van der Waals surface area (Å²) in [4.78, 5) is 17.3. The highest BCUT2D eigenvalue weighted by molar-refractivity contribution is 7.99. The molecule has 138 valence electrons. The highest BCUT2D eigenvalue weighted by Gasteiger charge is 2.22. The second-order valence-corrected chi connectivity index (χ2v) is 7.34. The third-order valence-corrected chi connectivity index (χ3v) is 5.27. The zero-order valence-electron chi connectivity index (χ0n) is 14.5. The van der Waals surface area contributed by atoms with Crippen LogP contribution in [0.15, 0.2) is 59.5 Å². The van der Waals surface area contributed by atoms with E-state index in [4.69, 9.17) is 0 Å². The van der Waals surface area contributed by atoms with Crippen molar-refractivity contribution in [2.45, 2.75) is 17.1 Å². The molecule has 2 aromatic carbocycles. The minimum atomic E-state index is -2.44. The van der Waals surface area contributed by atoms with E-state index in [1.807, 2.05) is 11.0 Å². The number of thioether (sulfide) groups is 1. The molecule has 0 bridgehead atoms. The number of amides is 1. The van der Waals surface area contributed by atoms with Crippen molar-refractivity contribution < 1.29 is 13.6 Å². The van der Waals surface area contributed by atoms with Crippen LogP contribution in [0.5, 0.6) is 0 Å². The number of benzene rings is 2. The number of alkyl halides is 2. The summed E-state index contributed by atoms with van der Waals surface area (Å²) in [5.41, 5.74) is 1.88. The highest BCUT2D eigenvalue weighted by Crippen LogP contribution is 2.25. The maximum atomic E-state index is 12.6. The van der Waals surface area contributed by atoms with Crippen LogP contribution in [-0.2, 0) is 6.42 Å². The van der Waals surface area contributed by atoms with Gasteiger partial charge in [-0.25, -0.2) is 0 Å². The Kier molecular flexibility index (Phi) is 6.63. The number of piperazine rings is 1. The van der Waals surface area contributed by atoms with Crippen molar-refractivity contribution in [3.8, 4) is 0 Å². The van der Waals surface area contributed by atoms with Crippen molar-refractivity contribution in [2.24, 2.45) is 0 Å². The van der Waals surface area contributed by atoms with Crippen LogP contribution in [0.3, 0.4) is 0 Å². The van der Waals surface area contributed by atoms with Crippen LogP contribution in [0.25, 0.3) is 0 Å². The first kappa shape index (κ1) is 18.9. The minimum absolute atomic E-state index is 0.0266. The van der Waals surface area contributed by atoms with Gasteiger partial charge in [0.05, 0.1) is 0 Å². The van der Waals surface area contributed by atoms with Crippen LogP contribution in [0.2, 0.25) is 0 Å². The van der Waals surface area contributed by atoms with Gasteiger partial charge in [0, 0.05) is 43.2 Å². The van der Waals surface area contributed by atoms with Crippen LogP contribution >= 0.6 is 11.8 Å². The van der Waals surface area contributed by atoms with Crippen LogP contribution in [0.1, 0.15) is 15.9 Å². The molecule has 3 rings (SSSR count). The third kappa shape index (κ3) is 5.29. The monoisotopic (exact) mass is 376 g/mol. The van der Waals surface area contributed by atoms with Crippen molar-refractivity contribution in [1.82, 2.24) is 9.80 Å². The van der Waals surface area contributed by atoms with Crippen LogP contribution in [-0.4, -0.2) is 54.2 Å². The molecule has 0 aliphatic carbocycles. The second kappa shape index (κ2) is 9.14. The zero-order chi connectivity index (χ0) is 18.4. The lowest BCUT2D eigenvalue weighted by atomic mass is 10.1. The predicted molar refractivity (Wildman–Crippen MR) is 101 cm³/mol. The van der Waals surface area contributed by atoms with E-state index in [1.165, 1.54) is 5.56 Å². The Bertz CT molecular complexity index is 702. The fraction of sp³-hybridized carbons (Fsp3) is 0.350. The predicted octanol–water partition coefficient (Wildman–Crippen LogP) is 4.00. The third-order valence-electron chi connectivity index (χ3n) is 4.55. The molecule has 1 aliphatic heterocycles. The molecule has 0 N–H and O–H groups in total. The summed E-state index contributed by atoms with van der Waals surface area (Å²) in [6.07, 6.45) is 1.01. The van der Waals surface area contributed by atoms with Gasteiger partial charge in [-0.2, -0.15) is 8.78 Å². The highest BCUT2D eigenvalue weighted by atomic mass is 32.2. The van der Waals surface area contributed by atoms with E-state index in [2.05, 4.69) is 29.2 Å². The van der Waals surface area contributed by atoms with E-state index >= 15 is 0 Å². The molecule has 0 spiro atoms. The average molecular weight is 376 g/mol. The summed E-state index contributed by atoms with van der Waals surface area (Å²) in [7, 11) is 0. The second-order valence-electron chi connectivity index (χ2n) is 6.27. The standard InChI is InChI=1S/C20H22F2N2OS/c21-20(22)26-18-8-6-17(7-9-18)19(25)24-14-12-23(13-15-24)11-10-16-4-2-1-3-5-16/h1-9,20H,10-15H2. The number of nitrogens with zero attached hydrogens (tertiary/aromatic N) is 2. The molecular formula is C20H22F2N2OS. The first-order chi connectivity index (χ1) is 12.6. The van der Waals surface area contributed by atoms with E-state index in [0.29, 0.717) is 35.3 Å². The normalized spacial score (nSPS) is 15.4. The number of rotatable bonds is 6. The van der Waals surface area contributed by atoms with E-state index in [0.717, 1.165) is 26.1 Å². The summed E-state index contributed by atoms with van der Waals surface area (Å²) in [6, 6.07) is 16.8. The minimum Gasteiger partial charge on any atom is -0.336 e. The molecule has 0 unspecified atom stereocenters. The maximum absolute atomic E-state index is 12.6. The first-order valence-corrected chi connectivity index (χ1v) is 9.60. The molecule has 0 saturated carbocycles. The van der Waals surface area contributed by atoms with Gasteiger partial charge in [-0.15, -0.1) is 0 Å². The molecule has 1 fully saturated rings. The van der Waals surface area contributed by atoms with Crippen LogP contribution in [0.4, 0.5) is 8.78 Å². The van der Waals surface area contributed by atoms with Crippen molar-refractivity contribution in [3.63, 3.8) is 0 Å². The number of carbonyl (C=O) groups is 1. The van der Waals surface area contributed by atoms with Gasteiger partial charge >= 0.3 is 0 Å². The zero-order valence-corrected chi connectivity index (χ0v) is 15.3. The molecule has 1 saturated heterocycles. The molecule has 26 heavy (non-hydrogen) atoms. The molecule has 0 radical (unpaired) electrons. The summed E-state index contributed by atoms with van der Waals surface area (Å²) in [5.74, 6) is -2.47. The molecule has 1 aliphatic rings. The maximum Gasteiger partial charge on any atom is 0.288 e. The van der Waals surface area contributed by atoms with Gasteiger partial charge in [0.2, 0.25) is 0 Å². The van der Waals surface area contributed by atoms with E-state index in [9.17, 15) is 13.6 Å². The topological polar surface area (TPSA) is 23.6 Å². The van der Waals surface area contributed by atoms with Crippen molar-refractivity contribution in [3.05, 3.63) is 65.7 Å². The SMILES string of the molecule is O=C(c1ccc(SC(F)F)cc1)N1CCN(CCc2ccccc2)CC1. The summed E-state index contributed by atoms with van der Waals surface area (Å²) < 4.78 is 24.7. The molecule has 6 heteroatoms. The Labute approximate surface area is 157 Å². The number of hydrogen-bond acceptors (Lipinski definition) is 3. The molecule has 0 atom stereocenters. The van der Waals surface area contributed by atoms with Gasteiger partial charge < -0.3 is 4.90 Å². The van der Waals surface area contributed by atoms with E-state index in [-0.39, 0.29) is 5.91 Å². The van der Waals surface area contributed by atoms with Gasteiger partial charge in [-0.05, 0) is 36.2 Å². The summed E-state index contributed by atoms with van der Waals surface area (Å²) in [6.45, 7) is 4.10. The van der Waals surface area contributed by atoms with E-state index < -0.39 is 5.76 Å². The summed E-state index contributed by atoms with van der Waals surface area (Å²) >= 11 is 0.493. The number of halogens is 2. The van der Waals surface area contributed by atoms with Crippen LogP contribution in [0, 0.1) is 0 Å². The van der Waals surface area contributed by atoms with Gasteiger partial charge in [0.1, 0.15) is 0 Å². The fourth-order valence-corrected chi connectivity index (χ4v) is 3.57. The number of hydrogen-bond donors (Lipinski definition) is 0. The largest absolute Gasteiger partial charge is 0.336 e. The fourth-order valence-electron chi connectivity index (χ4n) is 3.07. The number of carbonyl (C=O) groups excluding carboxylic acids is 1. The van der Waals surface area contributed by atoms with E-state index in [1.54, 1.807) is 24.3 Å². The van der Waals surface area contributed by atoms with Gasteiger partial charge in [-0.1, -0.05) is 42.1 Å². The summed E-state index contributed by atoms with van der Waals surface area (Å²) in [5, 5.41) is 0. The first-order valence-electron chi connectivity index (χ1n) is 8.72. The van der Waals surface area contributed by atoms with Gasteiger partial charge in [-0.3, -0.25) is 9.69 Å².